The van der Waals surface area contributed by atoms with Crippen LogP contribution >= 0.6 is 0 Å². The number of nitrogen functional groups attached to an aromatic ring is 1. The van der Waals surface area contributed by atoms with Crippen molar-refractivity contribution in [2.24, 2.45) is 5.92 Å². The number of carboxylic acids is 1. The molecule has 0 saturated carbocycles. The molecule has 92 valence electrons. The first kappa shape index (κ1) is 10.8. The number of hydrogen-bond acceptors (Lipinski definition) is 5. The zero-order valence-electron chi connectivity index (χ0n) is 9.58. The van der Waals surface area contributed by atoms with E-state index >= 15 is 0 Å². The lowest BCUT2D eigenvalue weighted by Crippen LogP contribution is -2.50. The zero-order valence-corrected chi connectivity index (χ0v) is 9.58. The van der Waals surface area contributed by atoms with Crippen molar-refractivity contribution in [2.45, 2.75) is 0 Å². The molecular formula is C12H12N4O2. The third-order valence-electron chi connectivity index (χ3n) is 3.11. The first-order valence-corrected chi connectivity index (χ1v) is 5.63. The SMILES string of the molecule is Nc1ccc2nc(N3CC(C(=O)O)C3)cnc2c1. The second kappa shape index (κ2) is 3.83. The van der Waals surface area contributed by atoms with Gasteiger partial charge in [0.2, 0.25) is 0 Å². The summed E-state index contributed by atoms with van der Waals surface area (Å²) in [5, 5.41) is 8.82. The normalized spacial score (nSPS) is 15.7. The van der Waals surface area contributed by atoms with Crippen LogP contribution in [0.4, 0.5) is 11.5 Å². The van der Waals surface area contributed by atoms with Gasteiger partial charge in [0.1, 0.15) is 5.82 Å². The van der Waals surface area contributed by atoms with Gasteiger partial charge in [-0.3, -0.25) is 9.78 Å². The summed E-state index contributed by atoms with van der Waals surface area (Å²) in [7, 11) is 0. The number of benzene rings is 1. The van der Waals surface area contributed by atoms with Gasteiger partial charge >= 0.3 is 5.97 Å². The molecule has 3 N–H and O–H groups in total. The molecule has 0 radical (unpaired) electrons. The number of carboxylic acid groups (broad SMARTS) is 1. The van der Waals surface area contributed by atoms with E-state index in [1.165, 1.54) is 0 Å². The number of rotatable bonds is 2. The van der Waals surface area contributed by atoms with Crippen molar-refractivity contribution in [3.63, 3.8) is 0 Å². The van der Waals surface area contributed by atoms with Crippen molar-refractivity contribution in [2.75, 3.05) is 23.7 Å². The molecule has 1 aliphatic heterocycles. The Hall–Kier alpha value is -2.37. The van der Waals surface area contributed by atoms with Gasteiger partial charge in [-0.1, -0.05) is 0 Å². The lowest BCUT2D eigenvalue weighted by atomic mass is 10.0. The van der Waals surface area contributed by atoms with Crippen LogP contribution < -0.4 is 10.6 Å². The molecule has 0 amide bonds. The molecule has 1 aliphatic rings. The Labute approximate surface area is 103 Å². The first-order valence-electron chi connectivity index (χ1n) is 5.63. The smallest absolute Gasteiger partial charge is 0.310 e. The maximum atomic E-state index is 10.7. The van der Waals surface area contributed by atoms with Crippen molar-refractivity contribution in [1.29, 1.82) is 0 Å². The summed E-state index contributed by atoms with van der Waals surface area (Å²) in [6.45, 7) is 0.981. The molecule has 1 fully saturated rings. The highest BCUT2D eigenvalue weighted by Gasteiger charge is 2.33. The Morgan fingerprint density at radius 1 is 1.39 bits per heavy atom. The fourth-order valence-corrected chi connectivity index (χ4v) is 1.99. The summed E-state index contributed by atoms with van der Waals surface area (Å²) in [4.78, 5) is 21.4. The van der Waals surface area contributed by atoms with Crippen LogP contribution in [0.3, 0.4) is 0 Å². The third kappa shape index (κ3) is 1.71. The Morgan fingerprint density at radius 2 is 2.17 bits per heavy atom. The monoisotopic (exact) mass is 244 g/mol. The number of carbonyl (C=O) groups is 1. The standard InChI is InChI=1S/C12H12N4O2/c13-8-1-2-9-10(3-8)14-4-11(15-9)16-5-7(6-16)12(17)18/h1-4,7H,5-6,13H2,(H,17,18). The van der Waals surface area contributed by atoms with Gasteiger partial charge in [-0.15, -0.1) is 0 Å². The molecule has 2 heterocycles. The molecule has 2 aromatic rings. The van der Waals surface area contributed by atoms with E-state index in [-0.39, 0.29) is 5.92 Å². The summed E-state index contributed by atoms with van der Waals surface area (Å²) < 4.78 is 0. The first-order chi connectivity index (χ1) is 8.63. The second-order valence-corrected chi connectivity index (χ2v) is 4.42. The summed E-state index contributed by atoms with van der Waals surface area (Å²) in [5.74, 6) is -0.341. The van der Waals surface area contributed by atoms with E-state index in [1.807, 2.05) is 11.0 Å². The lowest BCUT2D eigenvalue weighted by Gasteiger charge is -2.37. The predicted molar refractivity (Wildman–Crippen MR) is 67.3 cm³/mol. The fourth-order valence-electron chi connectivity index (χ4n) is 1.99. The lowest BCUT2D eigenvalue weighted by molar-refractivity contribution is -0.142. The minimum atomic E-state index is -0.757. The van der Waals surface area contributed by atoms with Gasteiger partial charge in [0.25, 0.3) is 0 Å². The second-order valence-electron chi connectivity index (χ2n) is 4.42. The quantitative estimate of drug-likeness (QED) is 0.757. The summed E-state index contributed by atoms with van der Waals surface area (Å²) in [6.07, 6.45) is 1.65. The van der Waals surface area contributed by atoms with Crippen molar-refractivity contribution in [1.82, 2.24) is 9.97 Å². The molecule has 6 nitrogen and oxygen atoms in total. The van der Waals surface area contributed by atoms with Crippen LogP contribution in [0.5, 0.6) is 0 Å². The van der Waals surface area contributed by atoms with E-state index in [4.69, 9.17) is 10.8 Å². The number of hydrogen-bond donors (Lipinski definition) is 2. The summed E-state index contributed by atoms with van der Waals surface area (Å²) in [6, 6.07) is 5.36. The van der Waals surface area contributed by atoms with Crippen molar-refractivity contribution >= 4 is 28.5 Å². The Balaban J connectivity index is 1.86. The van der Waals surface area contributed by atoms with Crippen LogP contribution in [-0.2, 0) is 4.79 Å². The number of aromatic nitrogens is 2. The van der Waals surface area contributed by atoms with Gasteiger partial charge in [0.05, 0.1) is 23.1 Å². The Kier molecular flexibility index (Phi) is 2.29. The number of anilines is 2. The molecule has 0 atom stereocenters. The zero-order chi connectivity index (χ0) is 12.7. The van der Waals surface area contributed by atoms with Crippen LogP contribution in [-0.4, -0.2) is 34.1 Å². The fraction of sp³-hybridized carbons (Fsp3) is 0.250. The van der Waals surface area contributed by atoms with Gasteiger partial charge in [0.15, 0.2) is 0 Å². The highest BCUT2D eigenvalue weighted by Crippen LogP contribution is 2.24. The van der Waals surface area contributed by atoms with Gasteiger partial charge < -0.3 is 15.7 Å². The van der Waals surface area contributed by atoms with Gasteiger partial charge in [-0.25, -0.2) is 4.98 Å². The van der Waals surface area contributed by atoms with Gasteiger partial charge in [-0.2, -0.15) is 0 Å². The van der Waals surface area contributed by atoms with E-state index in [2.05, 4.69) is 9.97 Å². The number of fused-ring (bicyclic) bond motifs is 1. The Bertz CT molecular complexity index is 623. The molecule has 6 heteroatoms. The topological polar surface area (TPSA) is 92.3 Å². The maximum Gasteiger partial charge on any atom is 0.310 e. The van der Waals surface area contributed by atoms with Crippen LogP contribution in [0.15, 0.2) is 24.4 Å². The third-order valence-corrected chi connectivity index (χ3v) is 3.11. The van der Waals surface area contributed by atoms with E-state index in [1.54, 1.807) is 18.3 Å². The van der Waals surface area contributed by atoms with Gasteiger partial charge in [-0.05, 0) is 18.2 Å². The average Bonchev–Trinajstić information content (AvgIpc) is 2.26. The molecule has 0 spiro atoms. The molecule has 0 unspecified atom stereocenters. The molecule has 0 aliphatic carbocycles. The van der Waals surface area contributed by atoms with E-state index in [9.17, 15) is 4.79 Å². The van der Waals surface area contributed by atoms with E-state index in [0.717, 1.165) is 11.0 Å². The van der Waals surface area contributed by atoms with Crippen molar-refractivity contribution in [3.05, 3.63) is 24.4 Å². The molecular weight excluding hydrogens is 232 g/mol. The van der Waals surface area contributed by atoms with Crippen LogP contribution in [0.25, 0.3) is 11.0 Å². The number of nitrogens with zero attached hydrogens (tertiary/aromatic N) is 3. The van der Waals surface area contributed by atoms with Crippen LogP contribution in [0.2, 0.25) is 0 Å². The molecule has 3 rings (SSSR count). The molecule has 0 bridgehead atoms. The highest BCUT2D eigenvalue weighted by molar-refractivity contribution is 5.80. The molecule has 1 saturated heterocycles. The molecule has 18 heavy (non-hydrogen) atoms. The number of aliphatic carboxylic acids is 1. The predicted octanol–water partition coefficient (Wildman–Crippen LogP) is 0.733. The highest BCUT2D eigenvalue weighted by atomic mass is 16.4. The summed E-state index contributed by atoms with van der Waals surface area (Å²) >= 11 is 0. The summed E-state index contributed by atoms with van der Waals surface area (Å²) in [5.41, 5.74) is 7.83. The molecule has 1 aromatic carbocycles. The molecule has 1 aromatic heterocycles. The maximum absolute atomic E-state index is 10.7. The Morgan fingerprint density at radius 3 is 2.89 bits per heavy atom. The average molecular weight is 244 g/mol. The minimum Gasteiger partial charge on any atom is -0.481 e. The van der Waals surface area contributed by atoms with E-state index < -0.39 is 5.97 Å². The largest absolute Gasteiger partial charge is 0.481 e. The van der Waals surface area contributed by atoms with E-state index in [0.29, 0.717) is 24.6 Å². The van der Waals surface area contributed by atoms with Crippen LogP contribution in [0, 0.1) is 5.92 Å². The minimum absolute atomic E-state index is 0.297. The van der Waals surface area contributed by atoms with Gasteiger partial charge in [0, 0.05) is 18.8 Å². The van der Waals surface area contributed by atoms with Crippen LogP contribution in [0.1, 0.15) is 0 Å². The van der Waals surface area contributed by atoms with Crippen molar-refractivity contribution < 1.29 is 9.90 Å². The van der Waals surface area contributed by atoms with Crippen molar-refractivity contribution in [3.8, 4) is 0 Å². The number of nitrogens with two attached hydrogens (primary N) is 1.